The second-order valence-corrected chi connectivity index (χ2v) is 6.37. The molecular weight excluding hydrogens is 256 g/mol. The molecular formula is C11H14N2O4S. The van der Waals surface area contributed by atoms with Crippen molar-refractivity contribution in [1.82, 2.24) is 9.29 Å². The fourth-order valence-corrected chi connectivity index (χ4v) is 3.14. The van der Waals surface area contributed by atoms with Gasteiger partial charge in [-0.2, -0.15) is 4.31 Å². The second kappa shape index (κ2) is 4.66. The molecule has 2 heterocycles. The van der Waals surface area contributed by atoms with Crippen LogP contribution in [0.2, 0.25) is 0 Å². The van der Waals surface area contributed by atoms with Crippen molar-refractivity contribution >= 4 is 16.0 Å². The molecule has 18 heavy (non-hydrogen) atoms. The van der Waals surface area contributed by atoms with Crippen molar-refractivity contribution in [2.24, 2.45) is 0 Å². The van der Waals surface area contributed by atoms with Crippen LogP contribution in [0.3, 0.4) is 0 Å². The molecule has 1 N–H and O–H groups in total. The lowest BCUT2D eigenvalue weighted by Crippen LogP contribution is -2.37. The summed E-state index contributed by atoms with van der Waals surface area (Å²) in [6.07, 6.45) is 3.27. The van der Waals surface area contributed by atoms with Gasteiger partial charge in [-0.25, -0.2) is 13.2 Å². The van der Waals surface area contributed by atoms with E-state index in [1.54, 1.807) is 13.1 Å². The number of carbonyl (C=O) groups is 1. The van der Waals surface area contributed by atoms with Crippen LogP contribution >= 0.6 is 0 Å². The van der Waals surface area contributed by atoms with Crippen molar-refractivity contribution < 1.29 is 18.3 Å². The maximum absolute atomic E-state index is 11.8. The Hall–Kier alpha value is -1.47. The van der Waals surface area contributed by atoms with Crippen molar-refractivity contribution in [1.29, 1.82) is 0 Å². The normalized spacial score (nSPS) is 16.3. The molecule has 6 nitrogen and oxygen atoms in total. The molecule has 0 fully saturated rings. The first-order valence-corrected chi connectivity index (χ1v) is 7.23. The SMILES string of the molecule is CCS(=O)(=O)N1CCc2c(cncc2C(=O)O)C1. The summed E-state index contributed by atoms with van der Waals surface area (Å²) in [5, 5.41) is 9.04. The number of aromatic carboxylic acids is 1. The predicted molar refractivity (Wildman–Crippen MR) is 64.8 cm³/mol. The summed E-state index contributed by atoms with van der Waals surface area (Å²) in [5.74, 6) is -0.972. The van der Waals surface area contributed by atoms with Crippen LogP contribution < -0.4 is 0 Å². The Morgan fingerprint density at radius 3 is 2.83 bits per heavy atom. The largest absolute Gasteiger partial charge is 0.478 e. The van der Waals surface area contributed by atoms with E-state index in [1.165, 1.54) is 10.5 Å². The van der Waals surface area contributed by atoms with Crippen molar-refractivity contribution in [3.8, 4) is 0 Å². The van der Waals surface area contributed by atoms with Gasteiger partial charge < -0.3 is 5.11 Å². The average molecular weight is 270 g/mol. The summed E-state index contributed by atoms with van der Waals surface area (Å²) in [6.45, 7) is 2.13. The molecule has 0 aromatic carbocycles. The molecule has 2 rings (SSSR count). The maximum Gasteiger partial charge on any atom is 0.337 e. The first-order chi connectivity index (χ1) is 8.45. The van der Waals surface area contributed by atoms with Crippen LogP contribution in [0.1, 0.15) is 28.4 Å². The van der Waals surface area contributed by atoms with E-state index >= 15 is 0 Å². The summed E-state index contributed by atoms with van der Waals surface area (Å²) >= 11 is 0. The molecule has 0 saturated carbocycles. The van der Waals surface area contributed by atoms with Gasteiger partial charge in [0.15, 0.2) is 0 Å². The fourth-order valence-electron chi connectivity index (χ4n) is 2.07. The lowest BCUT2D eigenvalue weighted by atomic mass is 9.98. The highest BCUT2D eigenvalue weighted by molar-refractivity contribution is 7.89. The molecule has 0 unspecified atom stereocenters. The first-order valence-electron chi connectivity index (χ1n) is 5.62. The van der Waals surface area contributed by atoms with E-state index in [2.05, 4.69) is 4.98 Å². The van der Waals surface area contributed by atoms with E-state index in [1.807, 2.05) is 0 Å². The zero-order valence-corrected chi connectivity index (χ0v) is 10.8. The Morgan fingerprint density at radius 2 is 2.22 bits per heavy atom. The fraction of sp³-hybridized carbons (Fsp3) is 0.455. The van der Waals surface area contributed by atoms with E-state index in [-0.39, 0.29) is 17.9 Å². The minimum Gasteiger partial charge on any atom is -0.478 e. The van der Waals surface area contributed by atoms with Crippen molar-refractivity contribution in [3.05, 3.63) is 29.1 Å². The molecule has 1 aliphatic rings. The Bertz CT molecular complexity index is 583. The Morgan fingerprint density at radius 1 is 1.50 bits per heavy atom. The van der Waals surface area contributed by atoms with Gasteiger partial charge in [-0.15, -0.1) is 0 Å². The van der Waals surface area contributed by atoms with Crippen molar-refractivity contribution in [2.45, 2.75) is 19.9 Å². The number of hydrogen-bond donors (Lipinski definition) is 1. The zero-order valence-electron chi connectivity index (χ0n) is 9.96. The van der Waals surface area contributed by atoms with Gasteiger partial charge in [0.1, 0.15) is 0 Å². The third-order valence-electron chi connectivity index (χ3n) is 3.09. The number of sulfonamides is 1. The summed E-state index contributed by atoms with van der Waals surface area (Å²) in [4.78, 5) is 14.9. The number of carboxylic acid groups (broad SMARTS) is 1. The van der Waals surface area contributed by atoms with Gasteiger partial charge >= 0.3 is 5.97 Å². The minimum absolute atomic E-state index is 0.0500. The van der Waals surface area contributed by atoms with Crippen LogP contribution in [0.5, 0.6) is 0 Å². The highest BCUT2D eigenvalue weighted by atomic mass is 32.2. The second-order valence-electron chi connectivity index (χ2n) is 4.11. The standard InChI is InChI=1S/C11H14N2O4S/c1-2-18(16,17)13-4-3-9-8(7-13)5-12-6-10(9)11(14)15/h5-6H,2-4,7H2,1H3,(H,14,15). The summed E-state index contributed by atoms with van der Waals surface area (Å²) in [5.41, 5.74) is 1.54. The van der Waals surface area contributed by atoms with Gasteiger partial charge in [0.2, 0.25) is 10.0 Å². The lowest BCUT2D eigenvalue weighted by Gasteiger charge is -2.28. The molecule has 0 amide bonds. The van der Waals surface area contributed by atoms with E-state index in [4.69, 9.17) is 5.11 Å². The number of aromatic nitrogens is 1. The average Bonchev–Trinajstić information content (AvgIpc) is 2.37. The van der Waals surface area contributed by atoms with Gasteiger partial charge in [-0.1, -0.05) is 0 Å². The molecule has 0 aliphatic carbocycles. The van der Waals surface area contributed by atoms with E-state index in [0.717, 1.165) is 0 Å². The zero-order chi connectivity index (χ0) is 13.3. The molecule has 0 saturated heterocycles. The van der Waals surface area contributed by atoms with Gasteiger partial charge in [0.25, 0.3) is 0 Å². The highest BCUT2D eigenvalue weighted by Crippen LogP contribution is 2.23. The lowest BCUT2D eigenvalue weighted by molar-refractivity contribution is 0.0694. The molecule has 1 aromatic rings. The summed E-state index contributed by atoms with van der Waals surface area (Å²) < 4.78 is 24.9. The number of fused-ring (bicyclic) bond motifs is 1. The molecule has 98 valence electrons. The number of pyridine rings is 1. The third-order valence-corrected chi connectivity index (χ3v) is 4.92. The number of rotatable bonds is 3. The van der Waals surface area contributed by atoms with Gasteiger partial charge in [0, 0.05) is 25.5 Å². The van der Waals surface area contributed by atoms with Gasteiger partial charge in [0.05, 0.1) is 11.3 Å². The Kier molecular flexibility index (Phi) is 3.36. The van der Waals surface area contributed by atoms with E-state index < -0.39 is 16.0 Å². The Balaban J connectivity index is 2.37. The van der Waals surface area contributed by atoms with Crippen LogP contribution in [-0.4, -0.2) is 41.1 Å². The first kappa shape index (κ1) is 13.0. The van der Waals surface area contributed by atoms with Crippen LogP contribution in [-0.2, 0) is 23.0 Å². The van der Waals surface area contributed by atoms with Crippen LogP contribution in [0.25, 0.3) is 0 Å². The third kappa shape index (κ3) is 2.23. The molecule has 1 aromatic heterocycles. The quantitative estimate of drug-likeness (QED) is 0.863. The van der Waals surface area contributed by atoms with Crippen LogP contribution in [0.15, 0.2) is 12.4 Å². The molecule has 1 aliphatic heterocycles. The predicted octanol–water partition coefficient (Wildman–Crippen LogP) is 0.488. The van der Waals surface area contributed by atoms with Crippen molar-refractivity contribution in [2.75, 3.05) is 12.3 Å². The van der Waals surface area contributed by atoms with Gasteiger partial charge in [-0.05, 0) is 24.5 Å². The summed E-state index contributed by atoms with van der Waals surface area (Å²) in [6, 6.07) is 0. The molecule has 0 bridgehead atoms. The maximum atomic E-state index is 11.8. The van der Waals surface area contributed by atoms with E-state index in [9.17, 15) is 13.2 Å². The smallest absolute Gasteiger partial charge is 0.337 e. The number of hydrogen-bond acceptors (Lipinski definition) is 4. The van der Waals surface area contributed by atoms with Crippen LogP contribution in [0, 0.1) is 0 Å². The van der Waals surface area contributed by atoms with Crippen molar-refractivity contribution in [3.63, 3.8) is 0 Å². The highest BCUT2D eigenvalue weighted by Gasteiger charge is 2.27. The summed E-state index contributed by atoms with van der Waals surface area (Å²) in [7, 11) is -3.24. The molecule has 7 heteroatoms. The number of carboxylic acids is 1. The van der Waals surface area contributed by atoms with Crippen LogP contribution in [0.4, 0.5) is 0 Å². The molecule has 0 spiro atoms. The van der Waals surface area contributed by atoms with Gasteiger partial charge in [-0.3, -0.25) is 4.98 Å². The molecule has 0 radical (unpaired) electrons. The Labute approximate surface area is 105 Å². The topological polar surface area (TPSA) is 87.6 Å². The monoisotopic (exact) mass is 270 g/mol. The van der Waals surface area contributed by atoms with E-state index in [0.29, 0.717) is 24.1 Å². The number of nitrogens with zero attached hydrogens (tertiary/aromatic N) is 2. The molecule has 0 atom stereocenters. The minimum atomic E-state index is -3.24.